The van der Waals surface area contributed by atoms with E-state index in [2.05, 4.69) is 10.2 Å². The number of hydrogen-bond donors (Lipinski definition) is 0. The third kappa shape index (κ3) is 1.94. The molecule has 0 atom stereocenters. The maximum absolute atomic E-state index is 4.49. The molecular weight excluding hydrogens is 184 g/mol. The normalized spacial score (nSPS) is 30.2. The molecule has 15 heavy (non-hydrogen) atoms. The van der Waals surface area contributed by atoms with Crippen molar-refractivity contribution >= 4 is 0 Å². The summed E-state index contributed by atoms with van der Waals surface area (Å²) in [6.45, 7) is 2.25. The van der Waals surface area contributed by atoms with Crippen LogP contribution in [0.1, 0.15) is 51.4 Å². The molecule has 2 heteroatoms. The number of rotatable bonds is 3. The number of nitrogens with zero attached hydrogens (tertiary/aromatic N) is 2. The van der Waals surface area contributed by atoms with Gasteiger partial charge in [-0.1, -0.05) is 12.8 Å². The fraction of sp³-hybridized carbons (Fsp3) is 1.00. The van der Waals surface area contributed by atoms with Gasteiger partial charge in [-0.2, -0.15) is 0 Å². The third-order valence-corrected chi connectivity index (χ3v) is 4.66. The minimum absolute atomic E-state index is 0.887. The molecule has 3 aliphatic rings. The summed E-state index contributed by atoms with van der Waals surface area (Å²) in [6.07, 6.45) is 11.5. The first-order chi connectivity index (χ1) is 7.45. The van der Waals surface area contributed by atoms with Crippen molar-refractivity contribution in [1.82, 2.24) is 10.2 Å². The average Bonchev–Trinajstić information content (AvgIpc) is 2.13. The highest BCUT2D eigenvalue weighted by Gasteiger charge is 2.38. The van der Waals surface area contributed by atoms with E-state index in [1.807, 2.05) is 0 Å². The predicted molar refractivity (Wildman–Crippen MR) is 62.0 cm³/mol. The Morgan fingerprint density at radius 1 is 0.667 bits per heavy atom. The zero-order chi connectivity index (χ0) is 10.1. The molecule has 0 aromatic rings. The van der Waals surface area contributed by atoms with Crippen LogP contribution in [0, 0.1) is 0 Å². The molecule has 2 nitrogen and oxygen atoms in total. The maximum Gasteiger partial charge on any atom is 0.0148 e. The molecular formula is C13H23N2. The minimum Gasteiger partial charge on any atom is -0.294 e. The average molecular weight is 207 g/mol. The van der Waals surface area contributed by atoms with E-state index in [0.29, 0.717) is 0 Å². The van der Waals surface area contributed by atoms with Crippen molar-refractivity contribution in [2.75, 3.05) is 13.1 Å². The summed E-state index contributed by atoms with van der Waals surface area (Å²) in [4.78, 5) is 2.92. The molecule has 1 radical (unpaired) electrons. The Morgan fingerprint density at radius 3 is 1.53 bits per heavy atom. The van der Waals surface area contributed by atoms with E-state index >= 15 is 0 Å². The van der Waals surface area contributed by atoms with Gasteiger partial charge in [-0.15, -0.1) is 0 Å². The zero-order valence-corrected chi connectivity index (χ0v) is 9.70. The smallest absolute Gasteiger partial charge is 0.0148 e. The van der Waals surface area contributed by atoms with Gasteiger partial charge in [0.25, 0.3) is 0 Å². The molecule has 0 aromatic carbocycles. The molecule has 3 rings (SSSR count). The lowest BCUT2D eigenvalue weighted by atomic mass is 9.82. The van der Waals surface area contributed by atoms with Crippen molar-refractivity contribution in [3.05, 3.63) is 0 Å². The fourth-order valence-electron chi connectivity index (χ4n) is 3.30. The van der Waals surface area contributed by atoms with Gasteiger partial charge in [0.2, 0.25) is 0 Å². The van der Waals surface area contributed by atoms with Gasteiger partial charge in [0.05, 0.1) is 0 Å². The second-order valence-electron chi connectivity index (χ2n) is 5.52. The van der Waals surface area contributed by atoms with Crippen LogP contribution in [-0.4, -0.2) is 36.1 Å². The molecule has 0 amide bonds. The molecule has 2 saturated carbocycles. The SMILES string of the molecule is C1CC(N(C2CCC2)C2CC[N]CC2)C1. The molecule has 1 aliphatic heterocycles. The summed E-state index contributed by atoms with van der Waals surface area (Å²) in [5.74, 6) is 0. The van der Waals surface area contributed by atoms with E-state index in [9.17, 15) is 0 Å². The molecule has 1 saturated heterocycles. The Kier molecular flexibility index (Phi) is 2.98. The van der Waals surface area contributed by atoms with Crippen molar-refractivity contribution in [1.29, 1.82) is 0 Å². The summed E-state index contributed by atoms with van der Waals surface area (Å²) < 4.78 is 0. The summed E-state index contributed by atoms with van der Waals surface area (Å²) in [7, 11) is 0. The summed E-state index contributed by atoms with van der Waals surface area (Å²) in [5, 5.41) is 4.49. The fourth-order valence-corrected chi connectivity index (χ4v) is 3.30. The van der Waals surface area contributed by atoms with Crippen LogP contribution in [0.5, 0.6) is 0 Å². The minimum atomic E-state index is 0.887. The molecule has 0 bridgehead atoms. The van der Waals surface area contributed by atoms with E-state index in [1.165, 1.54) is 51.4 Å². The molecule has 2 aliphatic carbocycles. The first-order valence-corrected chi connectivity index (χ1v) is 6.86. The first-order valence-electron chi connectivity index (χ1n) is 6.86. The lowest BCUT2D eigenvalue weighted by Gasteiger charge is -2.51. The highest BCUT2D eigenvalue weighted by Crippen LogP contribution is 2.36. The van der Waals surface area contributed by atoms with Crippen LogP contribution in [0.4, 0.5) is 0 Å². The quantitative estimate of drug-likeness (QED) is 0.693. The largest absolute Gasteiger partial charge is 0.294 e. The van der Waals surface area contributed by atoms with Crippen LogP contribution in [0.25, 0.3) is 0 Å². The second kappa shape index (κ2) is 4.42. The van der Waals surface area contributed by atoms with Gasteiger partial charge in [0, 0.05) is 31.2 Å². The molecule has 0 spiro atoms. The van der Waals surface area contributed by atoms with Gasteiger partial charge in [0.1, 0.15) is 0 Å². The molecule has 1 heterocycles. The Balaban J connectivity index is 1.64. The van der Waals surface area contributed by atoms with Crippen LogP contribution in [0.3, 0.4) is 0 Å². The molecule has 0 aromatic heterocycles. The second-order valence-corrected chi connectivity index (χ2v) is 5.52. The lowest BCUT2D eigenvalue weighted by molar-refractivity contribution is -0.00850. The van der Waals surface area contributed by atoms with E-state index in [0.717, 1.165) is 31.2 Å². The Hall–Kier alpha value is -0.0800. The molecule has 0 N–H and O–H groups in total. The van der Waals surface area contributed by atoms with E-state index in [-0.39, 0.29) is 0 Å². The Morgan fingerprint density at radius 2 is 1.13 bits per heavy atom. The van der Waals surface area contributed by atoms with Gasteiger partial charge in [0.15, 0.2) is 0 Å². The standard InChI is InChI=1S/C13H23N2/c1-3-11(4-1)15(12-5-2-6-12)13-7-9-14-10-8-13/h11-13H,1-10H2. The van der Waals surface area contributed by atoms with Gasteiger partial charge in [-0.25, -0.2) is 5.32 Å². The van der Waals surface area contributed by atoms with Crippen molar-refractivity contribution in [2.45, 2.75) is 69.5 Å². The first kappa shape index (κ1) is 10.1. The van der Waals surface area contributed by atoms with Crippen molar-refractivity contribution in [2.24, 2.45) is 0 Å². The molecule has 0 unspecified atom stereocenters. The van der Waals surface area contributed by atoms with Gasteiger partial charge < -0.3 is 0 Å². The predicted octanol–water partition coefficient (Wildman–Crippen LogP) is 2.16. The van der Waals surface area contributed by atoms with Gasteiger partial charge >= 0.3 is 0 Å². The Labute approximate surface area is 93.4 Å². The van der Waals surface area contributed by atoms with Crippen molar-refractivity contribution in [3.63, 3.8) is 0 Å². The summed E-state index contributed by atoms with van der Waals surface area (Å²) in [5.41, 5.74) is 0. The Bertz CT molecular complexity index is 189. The van der Waals surface area contributed by atoms with E-state index in [4.69, 9.17) is 0 Å². The molecule has 3 fully saturated rings. The summed E-state index contributed by atoms with van der Waals surface area (Å²) >= 11 is 0. The topological polar surface area (TPSA) is 17.3 Å². The maximum atomic E-state index is 4.49. The summed E-state index contributed by atoms with van der Waals surface area (Å²) in [6, 6.07) is 2.80. The number of hydrogen-bond acceptors (Lipinski definition) is 1. The highest BCUT2D eigenvalue weighted by molar-refractivity contribution is 4.93. The van der Waals surface area contributed by atoms with E-state index in [1.54, 1.807) is 0 Å². The van der Waals surface area contributed by atoms with Crippen LogP contribution in [0.15, 0.2) is 0 Å². The number of piperidine rings is 1. The molecule has 85 valence electrons. The monoisotopic (exact) mass is 207 g/mol. The van der Waals surface area contributed by atoms with Crippen LogP contribution in [-0.2, 0) is 0 Å². The highest BCUT2D eigenvalue weighted by atomic mass is 15.2. The van der Waals surface area contributed by atoms with Crippen molar-refractivity contribution < 1.29 is 0 Å². The van der Waals surface area contributed by atoms with Crippen LogP contribution in [0.2, 0.25) is 0 Å². The van der Waals surface area contributed by atoms with Crippen molar-refractivity contribution in [3.8, 4) is 0 Å². The van der Waals surface area contributed by atoms with Gasteiger partial charge in [-0.05, 0) is 38.5 Å². The van der Waals surface area contributed by atoms with Gasteiger partial charge in [-0.3, -0.25) is 4.90 Å². The van der Waals surface area contributed by atoms with Crippen LogP contribution < -0.4 is 5.32 Å². The zero-order valence-electron chi connectivity index (χ0n) is 9.70. The van der Waals surface area contributed by atoms with E-state index < -0.39 is 0 Å². The van der Waals surface area contributed by atoms with Crippen LogP contribution >= 0.6 is 0 Å². The lowest BCUT2D eigenvalue weighted by Crippen LogP contribution is -2.56. The third-order valence-electron chi connectivity index (χ3n) is 4.66.